The summed E-state index contributed by atoms with van der Waals surface area (Å²) in [5.41, 5.74) is -0.980. The predicted octanol–water partition coefficient (Wildman–Crippen LogP) is 4.21. The van der Waals surface area contributed by atoms with E-state index in [1.165, 1.54) is 29.1 Å². The Labute approximate surface area is 195 Å². The summed E-state index contributed by atoms with van der Waals surface area (Å²) in [6, 6.07) is 6.13. The van der Waals surface area contributed by atoms with Gasteiger partial charge in [-0.15, -0.1) is 0 Å². The molecule has 35 heavy (non-hydrogen) atoms. The number of rotatable bonds is 4. The van der Waals surface area contributed by atoms with Crippen molar-refractivity contribution in [2.75, 3.05) is 0 Å². The fourth-order valence-corrected chi connectivity index (χ4v) is 4.37. The highest BCUT2D eigenvalue weighted by Crippen LogP contribution is 2.48. The number of hydrogen-bond acceptors (Lipinski definition) is 6. The molecule has 0 radical (unpaired) electrons. The van der Waals surface area contributed by atoms with Gasteiger partial charge in [0.2, 0.25) is 0 Å². The second kappa shape index (κ2) is 8.26. The third-order valence-electron chi connectivity index (χ3n) is 6.38. The first-order chi connectivity index (χ1) is 16.7. The molecule has 1 fully saturated rings. The molecular weight excluding hydrogens is 466 g/mol. The van der Waals surface area contributed by atoms with Crippen molar-refractivity contribution in [3.05, 3.63) is 81.3 Å². The van der Waals surface area contributed by atoms with E-state index in [1.807, 2.05) is 6.07 Å². The zero-order valence-corrected chi connectivity index (χ0v) is 18.2. The Morgan fingerprint density at radius 1 is 1.20 bits per heavy atom. The maximum atomic E-state index is 14.3. The first-order valence-corrected chi connectivity index (χ1v) is 10.7. The van der Waals surface area contributed by atoms with E-state index >= 15 is 0 Å². The Balaban J connectivity index is 1.58. The van der Waals surface area contributed by atoms with E-state index in [9.17, 15) is 27.6 Å². The van der Waals surface area contributed by atoms with Crippen LogP contribution in [0.25, 0.3) is 11.0 Å². The summed E-state index contributed by atoms with van der Waals surface area (Å²) in [5, 5.41) is 13.7. The topological polar surface area (TPSA) is 113 Å². The van der Waals surface area contributed by atoms with Gasteiger partial charge >= 0.3 is 6.18 Å². The van der Waals surface area contributed by atoms with Crippen LogP contribution in [-0.2, 0) is 6.18 Å². The maximum Gasteiger partial charge on any atom is 0.433 e. The van der Waals surface area contributed by atoms with Crippen molar-refractivity contribution in [1.29, 1.82) is 5.26 Å². The minimum absolute atomic E-state index is 0.0251. The molecule has 1 aliphatic rings. The van der Waals surface area contributed by atoms with E-state index in [0.29, 0.717) is 29.9 Å². The van der Waals surface area contributed by atoms with Gasteiger partial charge in [-0.05, 0) is 43.5 Å². The monoisotopic (exact) mass is 483 g/mol. The maximum absolute atomic E-state index is 14.3. The van der Waals surface area contributed by atoms with E-state index in [-0.39, 0.29) is 28.6 Å². The highest BCUT2D eigenvalue weighted by molar-refractivity contribution is 5.80. The summed E-state index contributed by atoms with van der Waals surface area (Å²) in [5.74, 6) is -0.702. The van der Waals surface area contributed by atoms with Crippen molar-refractivity contribution in [2.45, 2.75) is 43.8 Å². The number of halogens is 4. The van der Waals surface area contributed by atoms with Crippen LogP contribution in [0.3, 0.4) is 0 Å². The summed E-state index contributed by atoms with van der Waals surface area (Å²) in [6.45, 7) is 1.65. The lowest BCUT2D eigenvalue weighted by Crippen LogP contribution is -2.28. The molecule has 0 amide bonds. The van der Waals surface area contributed by atoms with Crippen LogP contribution >= 0.6 is 0 Å². The Bertz CT molecular complexity index is 1520. The van der Waals surface area contributed by atoms with Crippen molar-refractivity contribution in [3.63, 3.8) is 0 Å². The van der Waals surface area contributed by atoms with Gasteiger partial charge in [-0.3, -0.25) is 14.8 Å². The lowest BCUT2D eigenvalue weighted by Gasteiger charge is -2.35. The third kappa shape index (κ3) is 3.82. The molecule has 5 rings (SSSR count). The van der Waals surface area contributed by atoms with Crippen LogP contribution in [0.2, 0.25) is 0 Å². The van der Waals surface area contributed by atoms with Crippen molar-refractivity contribution < 1.29 is 17.6 Å². The van der Waals surface area contributed by atoms with Crippen LogP contribution in [0.4, 0.5) is 17.6 Å². The van der Waals surface area contributed by atoms with Gasteiger partial charge in [0.25, 0.3) is 5.56 Å². The van der Waals surface area contributed by atoms with Crippen LogP contribution in [0, 0.1) is 17.1 Å². The Hall–Kier alpha value is -4.14. The molecule has 3 atom stereocenters. The van der Waals surface area contributed by atoms with E-state index < -0.39 is 29.3 Å². The van der Waals surface area contributed by atoms with Crippen molar-refractivity contribution >= 4 is 11.0 Å². The molecule has 0 unspecified atom stereocenters. The molecule has 1 aliphatic carbocycles. The van der Waals surface area contributed by atoms with Crippen LogP contribution in [-0.4, -0.2) is 29.7 Å². The molecule has 8 nitrogen and oxygen atoms in total. The minimum Gasteiger partial charge on any atom is -0.310 e. The van der Waals surface area contributed by atoms with Crippen molar-refractivity contribution in [2.24, 2.45) is 0 Å². The molecule has 0 aliphatic heterocycles. The quantitative estimate of drug-likeness (QED) is 0.435. The first-order valence-electron chi connectivity index (χ1n) is 10.7. The van der Waals surface area contributed by atoms with Crippen LogP contribution in [0.5, 0.6) is 0 Å². The molecule has 12 heteroatoms. The number of nitrogens with zero attached hydrogens (tertiary/aromatic N) is 6. The van der Waals surface area contributed by atoms with E-state index in [1.54, 1.807) is 6.92 Å². The number of aromatic nitrogens is 6. The number of hydrogen-bond donors (Lipinski definition) is 1. The second-order valence-corrected chi connectivity index (χ2v) is 8.37. The summed E-state index contributed by atoms with van der Waals surface area (Å²) >= 11 is 0. The van der Waals surface area contributed by atoms with Gasteiger partial charge in [0.05, 0.1) is 11.7 Å². The van der Waals surface area contributed by atoms with Gasteiger partial charge in [-0.1, -0.05) is 6.07 Å². The largest absolute Gasteiger partial charge is 0.433 e. The van der Waals surface area contributed by atoms with Gasteiger partial charge in [-0.2, -0.15) is 23.5 Å². The average molecular weight is 483 g/mol. The fourth-order valence-electron chi connectivity index (χ4n) is 4.37. The van der Waals surface area contributed by atoms with Crippen molar-refractivity contribution in [1.82, 2.24) is 29.7 Å². The molecule has 0 spiro atoms. The van der Waals surface area contributed by atoms with E-state index in [2.05, 4.69) is 25.0 Å². The number of H-pyrrole nitrogens is 1. The molecule has 1 N–H and O–H groups in total. The van der Waals surface area contributed by atoms with Gasteiger partial charge in [0.15, 0.2) is 11.3 Å². The molecular formula is C23H17F4N7O. The van der Waals surface area contributed by atoms with E-state index in [4.69, 9.17) is 0 Å². The van der Waals surface area contributed by atoms with Gasteiger partial charge in [0.1, 0.15) is 28.8 Å². The Morgan fingerprint density at radius 2 is 1.97 bits per heavy atom. The van der Waals surface area contributed by atoms with E-state index in [0.717, 1.165) is 12.3 Å². The number of nitriles is 1. The molecule has 178 valence electrons. The summed E-state index contributed by atoms with van der Waals surface area (Å²) in [4.78, 5) is 27.8. The number of aromatic amines is 1. The molecule has 0 bridgehead atoms. The smallest absolute Gasteiger partial charge is 0.310 e. The van der Waals surface area contributed by atoms with Crippen LogP contribution in [0.1, 0.15) is 66.1 Å². The minimum atomic E-state index is -4.58. The molecule has 0 aromatic carbocycles. The molecule has 1 saturated carbocycles. The highest BCUT2D eigenvalue weighted by atomic mass is 19.4. The summed E-state index contributed by atoms with van der Waals surface area (Å²) in [6.07, 6.45) is -0.693. The summed E-state index contributed by atoms with van der Waals surface area (Å²) < 4.78 is 54.3. The number of nitrogens with one attached hydrogen (secondary N) is 1. The predicted molar refractivity (Wildman–Crippen MR) is 115 cm³/mol. The molecule has 4 aromatic rings. The fraction of sp³-hybridized carbons (Fsp3) is 0.304. The molecule has 4 aromatic heterocycles. The second-order valence-electron chi connectivity index (χ2n) is 8.37. The van der Waals surface area contributed by atoms with Crippen LogP contribution < -0.4 is 5.56 Å². The number of alkyl halides is 3. The van der Waals surface area contributed by atoms with Gasteiger partial charge < -0.3 is 4.98 Å². The SMILES string of the molecule is C[C@@H](c1ccc(C(F)(F)F)nc1)n1nc(C#N)c2c(=O)[nH]c([C@@H]3CC[C@H]3c3ncccc3F)nc21. The average Bonchev–Trinajstić information content (AvgIpc) is 3.18. The van der Waals surface area contributed by atoms with Gasteiger partial charge in [0, 0.05) is 24.2 Å². The lowest BCUT2D eigenvalue weighted by molar-refractivity contribution is -0.141. The molecule has 4 heterocycles. The zero-order valence-electron chi connectivity index (χ0n) is 18.2. The first kappa shape index (κ1) is 22.6. The number of fused-ring (bicyclic) bond motifs is 1. The Morgan fingerprint density at radius 3 is 2.57 bits per heavy atom. The Kier molecular flexibility index (Phi) is 5.35. The van der Waals surface area contributed by atoms with Gasteiger partial charge in [-0.25, -0.2) is 14.1 Å². The highest BCUT2D eigenvalue weighted by Gasteiger charge is 2.38. The molecule has 0 saturated heterocycles. The van der Waals surface area contributed by atoms with Crippen molar-refractivity contribution in [3.8, 4) is 6.07 Å². The zero-order chi connectivity index (χ0) is 24.9. The summed E-state index contributed by atoms with van der Waals surface area (Å²) in [7, 11) is 0. The third-order valence-corrected chi connectivity index (χ3v) is 6.38. The lowest BCUT2D eigenvalue weighted by atomic mass is 9.71. The normalized spacial score (nSPS) is 18.7. The van der Waals surface area contributed by atoms with Crippen LogP contribution in [0.15, 0.2) is 41.5 Å². The number of pyridine rings is 2. The standard InChI is InChI=1S/C23H17F4N7O/c1-11(12-4-7-17(30-10-12)23(25,26)27)34-21-18(16(9-28)33-34)22(35)32-20(31-21)14-6-5-13(14)19-15(24)3-2-8-29-19/h2-4,7-8,10-11,13-14H,5-6H2,1H3,(H,31,32,35)/t11-,13+,14+/m0/s1.